The van der Waals surface area contributed by atoms with Crippen LogP contribution in [0.4, 0.5) is 0 Å². The van der Waals surface area contributed by atoms with Crippen LogP contribution in [0.3, 0.4) is 0 Å². The number of rotatable bonds is 3. The Morgan fingerprint density at radius 2 is 2.27 bits per heavy atom. The Hall–Kier alpha value is -0.610. The summed E-state index contributed by atoms with van der Waals surface area (Å²) in [5.74, 6) is 1.42. The van der Waals surface area contributed by atoms with Crippen LogP contribution >= 0.6 is 12.4 Å². The number of halogens is 1. The molecular weight excluding hydrogens is 166 g/mol. The van der Waals surface area contributed by atoms with Gasteiger partial charge in [0.05, 0.1) is 6.54 Å². The minimum Gasteiger partial charge on any atom is -0.338 e. The third-order valence-corrected chi connectivity index (χ3v) is 1.15. The summed E-state index contributed by atoms with van der Waals surface area (Å²) in [6, 6.07) is 0. The first-order valence-corrected chi connectivity index (χ1v) is 3.33. The van der Waals surface area contributed by atoms with E-state index in [1.54, 1.807) is 0 Å². The SMILES string of the molecule is CCc1noc(CNC)n1.Cl. The summed E-state index contributed by atoms with van der Waals surface area (Å²) >= 11 is 0. The zero-order valence-corrected chi connectivity index (χ0v) is 7.44. The molecule has 0 unspecified atom stereocenters. The summed E-state index contributed by atoms with van der Waals surface area (Å²) in [6.07, 6.45) is 0.827. The molecule has 64 valence electrons. The highest BCUT2D eigenvalue weighted by molar-refractivity contribution is 5.85. The van der Waals surface area contributed by atoms with E-state index in [1.165, 1.54) is 0 Å². The smallest absolute Gasteiger partial charge is 0.240 e. The topological polar surface area (TPSA) is 51.0 Å². The van der Waals surface area contributed by atoms with Gasteiger partial charge in [0.2, 0.25) is 5.89 Å². The molecule has 0 saturated heterocycles. The van der Waals surface area contributed by atoms with Gasteiger partial charge in [-0.25, -0.2) is 0 Å². The maximum atomic E-state index is 4.87. The van der Waals surface area contributed by atoms with E-state index in [1.807, 2.05) is 14.0 Å². The van der Waals surface area contributed by atoms with Gasteiger partial charge < -0.3 is 9.84 Å². The number of hydrogen-bond acceptors (Lipinski definition) is 4. The normalized spacial score (nSPS) is 9.27. The predicted molar refractivity (Wildman–Crippen MR) is 43.7 cm³/mol. The van der Waals surface area contributed by atoms with Crippen molar-refractivity contribution in [2.45, 2.75) is 19.9 Å². The van der Waals surface area contributed by atoms with E-state index in [-0.39, 0.29) is 12.4 Å². The van der Waals surface area contributed by atoms with Gasteiger partial charge in [-0.3, -0.25) is 0 Å². The Balaban J connectivity index is 0.000001000. The molecule has 0 saturated carbocycles. The first kappa shape index (κ1) is 10.4. The second-order valence-electron chi connectivity index (χ2n) is 1.99. The molecule has 1 N–H and O–H groups in total. The molecule has 0 aliphatic rings. The van der Waals surface area contributed by atoms with Crippen LogP contribution in [-0.4, -0.2) is 17.2 Å². The zero-order chi connectivity index (χ0) is 7.40. The molecule has 0 aliphatic heterocycles. The van der Waals surface area contributed by atoms with Crippen molar-refractivity contribution in [3.63, 3.8) is 0 Å². The van der Waals surface area contributed by atoms with Crippen LogP contribution in [-0.2, 0) is 13.0 Å². The van der Waals surface area contributed by atoms with Crippen molar-refractivity contribution in [3.8, 4) is 0 Å². The van der Waals surface area contributed by atoms with Gasteiger partial charge in [0, 0.05) is 6.42 Å². The number of hydrogen-bond donors (Lipinski definition) is 1. The molecule has 11 heavy (non-hydrogen) atoms. The van der Waals surface area contributed by atoms with E-state index >= 15 is 0 Å². The molecule has 1 rings (SSSR count). The fraction of sp³-hybridized carbons (Fsp3) is 0.667. The van der Waals surface area contributed by atoms with Crippen LogP contribution in [0.25, 0.3) is 0 Å². The maximum Gasteiger partial charge on any atom is 0.240 e. The van der Waals surface area contributed by atoms with E-state index in [2.05, 4.69) is 15.5 Å². The first-order chi connectivity index (χ1) is 4.86. The lowest BCUT2D eigenvalue weighted by Gasteiger charge is -1.86. The Morgan fingerprint density at radius 3 is 2.73 bits per heavy atom. The van der Waals surface area contributed by atoms with Crippen molar-refractivity contribution in [1.82, 2.24) is 15.5 Å². The molecule has 1 aromatic rings. The molecule has 0 bridgehead atoms. The van der Waals surface area contributed by atoms with Crippen LogP contribution in [0.15, 0.2) is 4.52 Å². The van der Waals surface area contributed by atoms with Crippen LogP contribution in [0.2, 0.25) is 0 Å². The second kappa shape index (κ2) is 5.09. The largest absolute Gasteiger partial charge is 0.338 e. The third-order valence-electron chi connectivity index (χ3n) is 1.15. The Labute approximate surface area is 71.8 Å². The van der Waals surface area contributed by atoms with Gasteiger partial charge in [-0.05, 0) is 7.05 Å². The Bertz CT molecular complexity index is 201. The lowest BCUT2D eigenvalue weighted by atomic mass is 10.5. The highest BCUT2D eigenvalue weighted by Gasteiger charge is 2.00. The van der Waals surface area contributed by atoms with Crippen molar-refractivity contribution < 1.29 is 4.52 Å². The van der Waals surface area contributed by atoms with E-state index in [9.17, 15) is 0 Å². The minimum absolute atomic E-state index is 0. The van der Waals surface area contributed by atoms with Crippen LogP contribution in [0.5, 0.6) is 0 Å². The fourth-order valence-electron chi connectivity index (χ4n) is 0.657. The fourth-order valence-corrected chi connectivity index (χ4v) is 0.657. The van der Waals surface area contributed by atoms with E-state index in [0.29, 0.717) is 12.4 Å². The number of nitrogens with one attached hydrogen (secondary N) is 1. The molecule has 1 aromatic heterocycles. The van der Waals surface area contributed by atoms with Gasteiger partial charge in [0.15, 0.2) is 5.82 Å². The number of nitrogens with zero attached hydrogens (tertiary/aromatic N) is 2. The molecule has 0 atom stereocenters. The summed E-state index contributed by atoms with van der Waals surface area (Å²) < 4.78 is 4.87. The molecule has 0 radical (unpaired) electrons. The molecule has 1 heterocycles. The summed E-state index contributed by atoms with van der Waals surface area (Å²) in [5, 5.41) is 6.65. The van der Waals surface area contributed by atoms with Crippen molar-refractivity contribution in [3.05, 3.63) is 11.7 Å². The summed E-state index contributed by atoms with van der Waals surface area (Å²) in [7, 11) is 1.84. The van der Waals surface area contributed by atoms with Crippen LogP contribution in [0.1, 0.15) is 18.6 Å². The molecule has 5 heteroatoms. The van der Waals surface area contributed by atoms with Gasteiger partial charge in [0.1, 0.15) is 0 Å². The zero-order valence-electron chi connectivity index (χ0n) is 6.63. The Morgan fingerprint density at radius 1 is 1.55 bits per heavy atom. The van der Waals surface area contributed by atoms with Gasteiger partial charge in [-0.15, -0.1) is 12.4 Å². The minimum atomic E-state index is 0. The molecular formula is C6H12ClN3O. The van der Waals surface area contributed by atoms with Crippen LogP contribution in [0, 0.1) is 0 Å². The predicted octanol–water partition coefficient (Wildman–Crippen LogP) is 0.773. The van der Waals surface area contributed by atoms with Crippen molar-refractivity contribution in [2.75, 3.05) is 7.05 Å². The summed E-state index contributed by atoms with van der Waals surface area (Å²) in [6.45, 7) is 2.64. The molecule has 0 spiro atoms. The van der Waals surface area contributed by atoms with Gasteiger partial charge in [-0.2, -0.15) is 4.98 Å². The number of aromatic nitrogens is 2. The average molecular weight is 178 g/mol. The lowest BCUT2D eigenvalue weighted by molar-refractivity contribution is 0.367. The molecule has 4 nitrogen and oxygen atoms in total. The molecule has 0 fully saturated rings. The quantitative estimate of drug-likeness (QED) is 0.741. The van der Waals surface area contributed by atoms with E-state index in [0.717, 1.165) is 12.2 Å². The molecule has 0 amide bonds. The highest BCUT2D eigenvalue weighted by Crippen LogP contribution is 1.95. The molecule has 0 aromatic carbocycles. The summed E-state index contributed by atoms with van der Waals surface area (Å²) in [4.78, 5) is 4.08. The third kappa shape index (κ3) is 2.86. The lowest BCUT2D eigenvalue weighted by Crippen LogP contribution is -2.05. The second-order valence-corrected chi connectivity index (χ2v) is 1.99. The van der Waals surface area contributed by atoms with E-state index in [4.69, 9.17) is 4.52 Å². The standard InChI is InChI=1S/C6H11N3O.ClH/c1-3-5-8-6(4-7-2)10-9-5;/h7H,3-4H2,1-2H3;1H. The number of aryl methyl sites for hydroxylation is 1. The van der Waals surface area contributed by atoms with Crippen LogP contribution < -0.4 is 5.32 Å². The van der Waals surface area contributed by atoms with Gasteiger partial charge in [-0.1, -0.05) is 12.1 Å². The monoisotopic (exact) mass is 177 g/mol. The van der Waals surface area contributed by atoms with Crippen molar-refractivity contribution in [1.29, 1.82) is 0 Å². The average Bonchev–Trinajstić information content (AvgIpc) is 2.37. The summed E-state index contributed by atoms with van der Waals surface area (Å²) in [5.41, 5.74) is 0. The van der Waals surface area contributed by atoms with E-state index < -0.39 is 0 Å². The first-order valence-electron chi connectivity index (χ1n) is 3.33. The maximum absolute atomic E-state index is 4.87. The van der Waals surface area contributed by atoms with Gasteiger partial charge in [0.25, 0.3) is 0 Å². The van der Waals surface area contributed by atoms with Crippen molar-refractivity contribution in [2.24, 2.45) is 0 Å². The highest BCUT2D eigenvalue weighted by atomic mass is 35.5. The molecule has 0 aliphatic carbocycles. The van der Waals surface area contributed by atoms with Gasteiger partial charge >= 0.3 is 0 Å². The van der Waals surface area contributed by atoms with Crippen molar-refractivity contribution >= 4 is 12.4 Å². The Kier molecular flexibility index (Phi) is 4.81.